The molecule has 1 aromatic heterocycles. The van der Waals surface area contributed by atoms with Crippen molar-refractivity contribution in [3.05, 3.63) is 17.5 Å². The summed E-state index contributed by atoms with van der Waals surface area (Å²) in [6.45, 7) is 5.97. The second kappa shape index (κ2) is 6.39. The fourth-order valence-corrected chi connectivity index (χ4v) is 1.62. The summed E-state index contributed by atoms with van der Waals surface area (Å²) in [7, 11) is 0. The molecule has 0 saturated heterocycles. The van der Waals surface area contributed by atoms with Crippen LogP contribution in [0.2, 0.25) is 0 Å². The highest BCUT2D eigenvalue weighted by Gasteiger charge is 2.17. The second-order valence-electron chi connectivity index (χ2n) is 4.19. The molecule has 0 aliphatic carbocycles. The predicted molar refractivity (Wildman–Crippen MR) is 63.8 cm³/mol. The van der Waals surface area contributed by atoms with Gasteiger partial charge in [0.05, 0.1) is 11.8 Å². The molecule has 0 aliphatic rings. The van der Waals surface area contributed by atoms with Crippen molar-refractivity contribution in [3.8, 4) is 0 Å². The molecule has 0 radical (unpaired) electrons. The van der Waals surface area contributed by atoms with Gasteiger partial charge in [0, 0.05) is 18.5 Å². The van der Waals surface area contributed by atoms with Crippen molar-refractivity contribution in [1.29, 1.82) is 0 Å². The molecule has 0 saturated carbocycles. The molecule has 1 unspecified atom stereocenters. The van der Waals surface area contributed by atoms with Crippen LogP contribution in [0, 0.1) is 0 Å². The molecule has 0 bridgehead atoms. The van der Waals surface area contributed by atoms with E-state index in [1.54, 1.807) is 13.0 Å². The average molecular weight is 240 g/mol. The van der Waals surface area contributed by atoms with Crippen molar-refractivity contribution in [3.63, 3.8) is 0 Å². The number of nitrogens with zero attached hydrogens (tertiary/aromatic N) is 1. The van der Waals surface area contributed by atoms with E-state index in [1.165, 1.54) is 0 Å². The first-order valence-electron chi connectivity index (χ1n) is 6.01. The van der Waals surface area contributed by atoms with Gasteiger partial charge in [-0.05, 0) is 19.8 Å². The van der Waals surface area contributed by atoms with Crippen molar-refractivity contribution >= 4 is 5.91 Å². The molecule has 17 heavy (non-hydrogen) atoms. The maximum Gasteiger partial charge on any atom is 0.289 e. The van der Waals surface area contributed by atoms with Gasteiger partial charge in [-0.25, -0.2) is 0 Å². The van der Waals surface area contributed by atoms with Gasteiger partial charge in [-0.1, -0.05) is 19.0 Å². The summed E-state index contributed by atoms with van der Waals surface area (Å²) in [5.41, 5.74) is 0.817. The Morgan fingerprint density at radius 1 is 1.53 bits per heavy atom. The van der Waals surface area contributed by atoms with Crippen LogP contribution >= 0.6 is 0 Å². The number of rotatable bonds is 6. The number of hydrogen-bond donors (Lipinski definition) is 2. The molecule has 5 heteroatoms. The highest BCUT2D eigenvalue weighted by molar-refractivity contribution is 5.91. The van der Waals surface area contributed by atoms with Gasteiger partial charge in [-0.2, -0.15) is 0 Å². The van der Waals surface area contributed by atoms with Crippen molar-refractivity contribution in [2.24, 2.45) is 0 Å². The molecule has 1 aromatic rings. The van der Waals surface area contributed by atoms with Crippen LogP contribution < -0.4 is 5.32 Å². The lowest BCUT2D eigenvalue weighted by molar-refractivity contribution is 0.0887. The van der Waals surface area contributed by atoms with Gasteiger partial charge >= 0.3 is 0 Å². The SMILES string of the molecule is CCC(CC)c1cc(C(=O)NCC(C)O)on1. The zero-order valence-corrected chi connectivity index (χ0v) is 10.6. The third-order valence-electron chi connectivity index (χ3n) is 2.71. The topological polar surface area (TPSA) is 75.4 Å². The summed E-state index contributed by atoms with van der Waals surface area (Å²) < 4.78 is 5.00. The van der Waals surface area contributed by atoms with Gasteiger partial charge in [0.2, 0.25) is 5.76 Å². The molecule has 1 amide bonds. The molecular weight excluding hydrogens is 220 g/mol. The van der Waals surface area contributed by atoms with Crippen LogP contribution in [0.4, 0.5) is 0 Å². The van der Waals surface area contributed by atoms with Gasteiger partial charge in [-0.3, -0.25) is 4.79 Å². The van der Waals surface area contributed by atoms with Crippen LogP contribution in [0.25, 0.3) is 0 Å². The quantitative estimate of drug-likeness (QED) is 0.793. The third kappa shape index (κ3) is 3.85. The zero-order valence-electron chi connectivity index (χ0n) is 10.6. The number of aromatic nitrogens is 1. The van der Waals surface area contributed by atoms with Gasteiger partial charge in [0.25, 0.3) is 5.91 Å². The first-order chi connectivity index (χ1) is 8.08. The molecule has 1 atom stereocenters. The van der Waals surface area contributed by atoms with Crippen LogP contribution in [0.3, 0.4) is 0 Å². The summed E-state index contributed by atoms with van der Waals surface area (Å²) in [6.07, 6.45) is 1.37. The highest BCUT2D eigenvalue weighted by Crippen LogP contribution is 2.22. The van der Waals surface area contributed by atoms with Crippen LogP contribution in [-0.2, 0) is 0 Å². The Morgan fingerprint density at radius 3 is 2.71 bits per heavy atom. The van der Waals surface area contributed by atoms with E-state index >= 15 is 0 Å². The lowest BCUT2D eigenvalue weighted by Crippen LogP contribution is -2.30. The Labute approximate surface area is 101 Å². The van der Waals surface area contributed by atoms with E-state index in [4.69, 9.17) is 9.63 Å². The average Bonchev–Trinajstić information content (AvgIpc) is 2.77. The number of carbonyl (C=O) groups is 1. The van der Waals surface area contributed by atoms with Crippen molar-refractivity contribution < 1.29 is 14.4 Å². The number of aliphatic hydroxyl groups excluding tert-OH is 1. The lowest BCUT2D eigenvalue weighted by Gasteiger charge is -2.06. The predicted octanol–water partition coefficient (Wildman–Crippen LogP) is 1.69. The Balaban J connectivity index is 2.64. The number of amides is 1. The molecule has 2 N–H and O–H groups in total. The lowest BCUT2D eigenvalue weighted by atomic mass is 9.99. The largest absolute Gasteiger partial charge is 0.392 e. The molecule has 1 heterocycles. The third-order valence-corrected chi connectivity index (χ3v) is 2.71. The van der Waals surface area contributed by atoms with Crippen LogP contribution in [0.15, 0.2) is 10.6 Å². The Bertz CT molecular complexity index is 356. The van der Waals surface area contributed by atoms with Crippen molar-refractivity contribution in [1.82, 2.24) is 10.5 Å². The first kappa shape index (κ1) is 13.7. The molecule has 0 aliphatic heterocycles. The number of aliphatic hydroxyl groups is 1. The fourth-order valence-electron chi connectivity index (χ4n) is 1.62. The highest BCUT2D eigenvalue weighted by atomic mass is 16.5. The van der Waals surface area contributed by atoms with Crippen LogP contribution in [0.5, 0.6) is 0 Å². The van der Waals surface area contributed by atoms with Gasteiger partial charge in [0.1, 0.15) is 0 Å². The summed E-state index contributed by atoms with van der Waals surface area (Å²) in [5.74, 6) is 0.195. The normalized spacial score (nSPS) is 12.8. The summed E-state index contributed by atoms with van der Waals surface area (Å²) in [6, 6.07) is 1.68. The van der Waals surface area contributed by atoms with Gasteiger partial charge < -0.3 is 14.9 Å². The molecule has 0 aromatic carbocycles. The Kier molecular flexibility index (Phi) is 5.15. The standard InChI is InChI=1S/C12H20N2O3/c1-4-9(5-2)10-6-11(17-14-10)12(16)13-7-8(3)15/h6,8-9,15H,4-5,7H2,1-3H3,(H,13,16). The van der Waals surface area contributed by atoms with E-state index in [0.717, 1.165) is 18.5 Å². The maximum absolute atomic E-state index is 11.6. The zero-order chi connectivity index (χ0) is 12.8. The van der Waals surface area contributed by atoms with Crippen LogP contribution in [-0.4, -0.2) is 28.8 Å². The van der Waals surface area contributed by atoms with E-state index < -0.39 is 6.10 Å². The maximum atomic E-state index is 11.6. The second-order valence-corrected chi connectivity index (χ2v) is 4.19. The number of nitrogens with one attached hydrogen (secondary N) is 1. The molecule has 0 fully saturated rings. The fraction of sp³-hybridized carbons (Fsp3) is 0.667. The molecule has 5 nitrogen and oxygen atoms in total. The monoisotopic (exact) mass is 240 g/mol. The molecular formula is C12H20N2O3. The van der Waals surface area contributed by atoms with Gasteiger partial charge in [-0.15, -0.1) is 0 Å². The van der Waals surface area contributed by atoms with Crippen molar-refractivity contribution in [2.75, 3.05) is 6.54 Å². The number of carbonyl (C=O) groups excluding carboxylic acids is 1. The summed E-state index contributed by atoms with van der Waals surface area (Å²) in [4.78, 5) is 11.6. The van der Waals surface area contributed by atoms with E-state index in [0.29, 0.717) is 5.92 Å². The Morgan fingerprint density at radius 2 is 2.18 bits per heavy atom. The minimum Gasteiger partial charge on any atom is -0.392 e. The number of hydrogen-bond acceptors (Lipinski definition) is 4. The summed E-state index contributed by atoms with van der Waals surface area (Å²) >= 11 is 0. The minimum atomic E-state index is -0.569. The van der Waals surface area contributed by atoms with E-state index in [2.05, 4.69) is 24.3 Å². The minimum absolute atomic E-state index is 0.201. The van der Waals surface area contributed by atoms with E-state index in [1.807, 2.05) is 0 Å². The molecule has 0 spiro atoms. The van der Waals surface area contributed by atoms with Crippen LogP contribution in [0.1, 0.15) is 55.8 Å². The molecule has 96 valence electrons. The van der Waals surface area contributed by atoms with E-state index in [-0.39, 0.29) is 18.2 Å². The molecule has 1 rings (SSSR count). The van der Waals surface area contributed by atoms with E-state index in [9.17, 15) is 4.79 Å². The van der Waals surface area contributed by atoms with Gasteiger partial charge in [0.15, 0.2) is 0 Å². The Hall–Kier alpha value is -1.36. The van der Waals surface area contributed by atoms with Crippen molar-refractivity contribution in [2.45, 2.75) is 45.6 Å². The first-order valence-corrected chi connectivity index (χ1v) is 6.01. The smallest absolute Gasteiger partial charge is 0.289 e. The summed E-state index contributed by atoms with van der Waals surface area (Å²) in [5, 5.41) is 15.5.